The number of nitrogens with two attached hydrogens (primary N) is 1. The Bertz CT molecular complexity index is 1570. The number of aryl methyl sites for hydroxylation is 1. The number of thiophene rings is 1. The highest BCUT2D eigenvalue weighted by Crippen LogP contribution is 2.39. The molecule has 214 valence electrons. The Morgan fingerprint density at radius 2 is 1.85 bits per heavy atom. The van der Waals surface area contributed by atoms with E-state index in [1.54, 1.807) is 37.4 Å². The van der Waals surface area contributed by atoms with Gasteiger partial charge in [-0.3, -0.25) is 5.41 Å². The van der Waals surface area contributed by atoms with Crippen LogP contribution < -0.4 is 10.5 Å². The van der Waals surface area contributed by atoms with Gasteiger partial charge in [0.15, 0.2) is 0 Å². The minimum Gasteiger partial charge on any atom is -0.497 e. The second-order valence-corrected chi connectivity index (χ2v) is 12.2. The number of nitrogens with one attached hydrogen (secondary N) is 1. The van der Waals surface area contributed by atoms with Crippen LogP contribution in [0.25, 0.3) is 11.1 Å². The Morgan fingerprint density at radius 1 is 1.15 bits per heavy atom. The van der Waals surface area contributed by atoms with Gasteiger partial charge in [0.2, 0.25) is 9.84 Å². The van der Waals surface area contributed by atoms with Gasteiger partial charge < -0.3 is 19.9 Å². The highest BCUT2D eigenvalue weighted by Gasteiger charge is 2.42. The Hall–Kier alpha value is -3.40. The third kappa shape index (κ3) is 7.02. The van der Waals surface area contributed by atoms with Gasteiger partial charge in [-0.25, -0.2) is 18.0 Å². The number of carbonyl (C=O) groups excluding carboxylic acids is 2. The maximum Gasteiger partial charge on any atom is 0.491 e. The molecule has 9 nitrogen and oxygen atoms in total. The molecule has 0 amide bonds. The van der Waals surface area contributed by atoms with E-state index in [0.717, 1.165) is 11.3 Å². The van der Waals surface area contributed by atoms with Gasteiger partial charge in [-0.05, 0) is 65.8 Å². The second kappa shape index (κ2) is 12.4. The van der Waals surface area contributed by atoms with Crippen molar-refractivity contribution in [3.8, 4) is 16.9 Å². The van der Waals surface area contributed by atoms with Crippen LogP contribution in [-0.4, -0.2) is 52.3 Å². The number of thioether (sulfide) groups is 1. The molecular formula is C25H23F3N2O7S3. The Morgan fingerprint density at radius 3 is 2.45 bits per heavy atom. The summed E-state index contributed by atoms with van der Waals surface area (Å²) in [6, 6.07) is 10.7. The SMILES string of the molecule is COc1cc(C)c(-c2cccc(S(=O)(=O)c3cc(C(=N)N)sc3SC)c2)c(COCC(=O)OC(=O)C(F)(F)F)c1. The van der Waals surface area contributed by atoms with Crippen molar-refractivity contribution in [2.45, 2.75) is 33.7 Å². The summed E-state index contributed by atoms with van der Waals surface area (Å²) in [4.78, 5) is 22.8. The molecule has 0 spiro atoms. The Balaban J connectivity index is 1.96. The van der Waals surface area contributed by atoms with Gasteiger partial charge in [0, 0.05) is 0 Å². The van der Waals surface area contributed by atoms with Crippen molar-refractivity contribution in [3.05, 3.63) is 58.5 Å². The molecule has 3 rings (SSSR count). The van der Waals surface area contributed by atoms with Crippen molar-refractivity contribution in [2.24, 2.45) is 5.73 Å². The largest absolute Gasteiger partial charge is 0.497 e. The molecule has 15 heteroatoms. The van der Waals surface area contributed by atoms with Crippen molar-refractivity contribution in [1.29, 1.82) is 5.41 Å². The maximum atomic E-state index is 13.6. The summed E-state index contributed by atoms with van der Waals surface area (Å²) in [7, 11) is -2.60. The van der Waals surface area contributed by atoms with Crippen LogP contribution in [0.5, 0.6) is 5.75 Å². The van der Waals surface area contributed by atoms with Gasteiger partial charge >= 0.3 is 18.1 Å². The second-order valence-electron chi connectivity index (χ2n) is 8.14. The third-order valence-electron chi connectivity index (χ3n) is 5.38. The highest BCUT2D eigenvalue weighted by atomic mass is 32.2. The number of methoxy groups -OCH3 is 1. The molecule has 0 aliphatic rings. The number of alkyl halides is 3. The predicted molar refractivity (Wildman–Crippen MR) is 143 cm³/mol. The van der Waals surface area contributed by atoms with E-state index in [4.69, 9.17) is 20.6 Å². The molecule has 0 aliphatic carbocycles. The standard InChI is InChI=1S/C25H23F3N2O7S3/c1-13-7-16(35-2)8-15(11-36-12-20(31)37-24(32)25(26,27)28)21(13)14-5-4-6-17(9-14)40(33,34)19-10-18(22(29)30)39-23(19)38-3/h4-10H,11-12H2,1-3H3,(H3,29,30). The van der Waals surface area contributed by atoms with E-state index in [9.17, 15) is 31.2 Å². The molecule has 0 saturated carbocycles. The number of rotatable bonds is 10. The van der Waals surface area contributed by atoms with Gasteiger partial charge in [-0.2, -0.15) is 13.2 Å². The first-order chi connectivity index (χ1) is 18.7. The number of benzene rings is 2. The van der Waals surface area contributed by atoms with Crippen LogP contribution >= 0.6 is 23.1 Å². The van der Waals surface area contributed by atoms with Crippen LogP contribution in [0.15, 0.2) is 56.5 Å². The van der Waals surface area contributed by atoms with Crippen LogP contribution in [0, 0.1) is 12.3 Å². The van der Waals surface area contributed by atoms with Crippen molar-refractivity contribution in [1.82, 2.24) is 0 Å². The van der Waals surface area contributed by atoms with Gasteiger partial charge in [-0.15, -0.1) is 23.1 Å². The molecule has 2 aromatic carbocycles. The van der Waals surface area contributed by atoms with Crippen LogP contribution in [0.3, 0.4) is 0 Å². The summed E-state index contributed by atoms with van der Waals surface area (Å²) in [5, 5.41) is 7.67. The van der Waals surface area contributed by atoms with Crippen molar-refractivity contribution in [2.75, 3.05) is 20.0 Å². The van der Waals surface area contributed by atoms with Crippen molar-refractivity contribution >= 4 is 50.7 Å². The number of amidine groups is 1. The molecular weight excluding hydrogens is 593 g/mol. The van der Waals surface area contributed by atoms with E-state index < -0.39 is 34.6 Å². The lowest BCUT2D eigenvalue weighted by molar-refractivity contribution is -0.203. The smallest absolute Gasteiger partial charge is 0.491 e. The van der Waals surface area contributed by atoms with E-state index in [0.29, 0.717) is 37.1 Å². The number of carbonyl (C=O) groups is 2. The van der Waals surface area contributed by atoms with Gasteiger partial charge in [0.1, 0.15) is 18.2 Å². The van der Waals surface area contributed by atoms with E-state index in [1.807, 2.05) is 0 Å². The molecule has 0 radical (unpaired) electrons. The summed E-state index contributed by atoms with van der Waals surface area (Å²) >= 11 is 2.31. The lowest BCUT2D eigenvalue weighted by Gasteiger charge is -2.16. The molecule has 1 aromatic heterocycles. The number of halogens is 3. The van der Waals surface area contributed by atoms with E-state index in [1.165, 1.54) is 37.1 Å². The maximum absolute atomic E-state index is 13.6. The number of ether oxygens (including phenoxy) is 3. The quantitative estimate of drug-likeness (QED) is 0.109. The first kappa shape index (κ1) is 31.1. The fraction of sp³-hybridized carbons (Fsp3) is 0.240. The van der Waals surface area contributed by atoms with E-state index >= 15 is 0 Å². The topological polar surface area (TPSA) is 146 Å². The highest BCUT2D eigenvalue weighted by molar-refractivity contribution is 8.01. The molecule has 0 aliphatic heterocycles. The van der Waals surface area contributed by atoms with Gasteiger partial charge in [-0.1, -0.05) is 12.1 Å². The minimum absolute atomic E-state index is 0.0225. The lowest BCUT2D eigenvalue weighted by atomic mass is 9.95. The fourth-order valence-corrected chi connectivity index (χ4v) is 7.57. The average molecular weight is 617 g/mol. The third-order valence-corrected chi connectivity index (χ3v) is 9.72. The van der Waals surface area contributed by atoms with Crippen LogP contribution in [0.4, 0.5) is 13.2 Å². The number of hydrogen-bond acceptors (Lipinski definition) is 10. The van der Waals surface area contributed by atoms with E-state index in [-0.39, 0.29) is 22.2 Å². The number of nitrogen functional groups attached to an aromatic ring is 1. The van der Waals surface area contributed by atoms with Crippen LogP contribution in [-0.2, 0) is 35.5 Å². The first-order valence-electron chi connectivity index (χ1n) is 11.1. The Labute approximate surface area is 235 Å². The lowest BCUT2D eigenvalue weighted by Crippen LogP contribution is -2.29. The molecule has 3 aromatic rings. The molecule has 1 heterocycles. The summed E-state index contributed by atoms with van der Waals surface area (Å²) in [5.74, 6) is -4.01. The number of esters is 2. The normalized spacial score (nSPS) is 11.8. The zero-order valence-electron chi connectivity index (χ0n) is 21.2. The molecule has 40 heavy (non-hydrogen) atoms. The van der Waals surface area contributed by atoms with Crippen molar-refractivity contribution in [3.63, 3.8) is 0 Å². The zero-order valence-corrected chi connectivity index (χ0v) is 23.7. The van der Waals surface area contributed by atoms with Gasteiger partial charge in [0.25, 0.3) is 0 Å². The minimum atomic E-state index is -5.33. The first-order valence-corrected chi connectivity index (χ1v) is 14.7. The summed E-state index contributed by atoms with van der Waals surface area (Å²) in [6.07, 6.45) is -3.61. The van der Waals surface area contributed by atoms with Crippen LogP contribution in [0.1, 0.15) is 16.0 Å². The molecule has 0 atom stereocenters. The summed E-state index contributed by atoms with van der Waals surface area (Å²) in [6.45, 7) is 0.492. The van der Waals surface area contributed by atoms with E-state index in [2.05, 4.69) is 4.74 Å². The molecule has 0 unspecified atom stereocenters. The summed E-state index contributed by atoms with van der Waals surface area (Å²) < 4.78 is 78.9. The van der Waals surface area contributed by atoms with Crippen LogP contribution in [0.2, 0.25) is 0 Å². The number of sulfone groups is 1. The molecule has 0 fully saturated rings. The summed E-state index contributed by atoms with van der Waals surface area (Å²) in [5.41, 5.74) is 7.66. The molecule has 3 N–H and O–H groups in total. The average Bonchev–Trinajstić information content (AvgIpc) is 3.34. The van der Waals surface area contributed by atoms with Crippen molar-refractivity contribution < 1.29 is 45.4 Å². The Kier molecular flexibility index (Phi) is 9.66. The molecule has 0 saturated heterocycles. The number of hydrogen-bond donors (Lipinski definition) is 2. The van der Waals surface area contributed by atoms with Gasteiger partial charge in [0.05, 0.1) is 32.6 Å². The zero-order chi connectivity index (χ0) is 29.8. The monoisotopic (exact) mass is 616 g/mol. The predicted octanol–water partition coefficient (Wildman–Crippen LogP) is 4.72. The molecule has 0 bridgehead atoms. The fourth-order valence-electron chi connectivity index (χ4n) is 3.67.